The summed E-state index contributed by atoms with van der Waals surface area (Å²) in [7, 11) is 0. The van der Waals surface area contributed by atoms with Gasteiger partial charge in [0.05, 0.1) is 11.5 Å². The zero-order valence-corrected chi connectivity index (χ0v) is 9.00. The first-order valence-corrected chi connectivity index (χ1v) is 5.19. The third kappa shape index (κ3) is 0.724. The van der Waals surface area contributed by atoms with E-state index in [0.29, 0.717) is 12.8 Å². The van der Waals surface area contributed by atoms with Gasteiger partial charge >= 0.3 is 5.97 Å². The maximum atomic E-state index is 11.4. The number of fused-ring (bicyclic) bond motifs is 2. The molecule has 0 aromatic rings. The Balaban J connectivity index is 2.54. The lowest BCUT2D eigenvalue weighted by molar-refractivity contribution is -0.154. The van der Waals surface area contributed by atoms with E-state index in [-0.39, 0.29) is 10.8 Å². The second-order valence-electron chi connectivity index (χ2n) is 5.65. The van der Waals surface area contributed by atoms with Crippen LogP contribution in [0.25, 0.3) is 0 Å². The predicted molar refractivity (Wildman–Crippen MR) is 51.8 cm³/mol. The fraction of sp³-hybridized carbons (Fsp3) is 0.909. The van der Waals surface area contributed by atoms with Crippen molar-refractivity contribution in [2.75, 3.05) is 0 Å². The van der Waals surface area contributed by atoms with Crippen LogP contribution >= 0.6 is 0 Å². The molecule has 3 heteroatoms. The summed E-state index contributed by atoms with van der Waals surface area (Å²) >= 11 is 0. The SMILES string of the molecule is CC1(C)[C@]2(C(=O)O)CC[C@@]1(C)[C@H](O)C2. The molecule has 0 aliphatic heterocycles. The van der Waals surface area contributed by atoms with E-state index >= 15 is 0 Å². The van der Waals surface area contributed by atoms with Crippen LogP contribution in [0.1, 0.15) is 40.0 Å². The highest BCUT2D eigenvalue weighted by molar-refractivity contribution is 5.77. The number of carboxylic acids is 1. The summed E-state index contributed by atoms with van der Waals surface area (Å²) in [5, 5.41) is 19.3. The van der Waals surface area contributed by atoms with Crippen LogP contribution in [0, 0.1) is 16.2 Å². The minimum absolute atomic E-state index is 0.217. The number of hydrogen-bond donors (Lipinski definition) is 2. The molecule has 0 saturated heterocycles. The highest BCUT2D eigenvalue weighted by Crippen LogP contribution is 2.72. The zero-order chi connectivity index (χ0) is 10.8. The third-order valence-electron chi connectivity index (χ3n) is 5.38. The van der Waals surface area contributed by atoms with Crippen molar-refractivity contribution < 1.29 is 15.0 Å². The zero-order valence-electron chi connectivity index (χ0n) is 9.00. The second-order valence-corrected chi connectivity index (χ2v) is 5.65. The Morgan fingerprint density at radius 1 is 1.29 bits per heavy atom. The van der Waals surface area contributed by atoms with Crippen molar-refractivity contribution in [2.24, 2.45) is 16.2 Å². The quantitative estimate of drug-likeness (QED) is 0.673. The molecular formula is C11H18O3. The molecule has 2 aliphatic carbocycles. The number of hydrogen-bond acceptors (Lipinski definition) is 2. The van der Waals surface area contributed by atoms with Gasteiger partial charge in [0, 0.05) is 0 Å². The molecule has 2 aliphatic rings. The predicted octanol–water partition coefficient (Wildman–Crippen LogP) is 1.65. The van der Waals surface area contributed by atoms with Crippen molar-refractivity contribution >= 4 is 5.97 Å². The first-order chi connectivity index (χ1) is 6.28. The van der Waals surface area contributed by atoms with Gasteiger partial charge in [-0.3, -0.25) is 4.79 Å². The molecule has 0 aromatic carbocycles. The van der Waals surface area contributed by atoms with Crippen LogP contribution in [0.4, 0.5) is 0 Å². The van der Waals surface area contributed by atoms with Crippen molar-refractivity contribution in [3.8, 4) is 0 Å². The van der Waals surface area contributed by atoms with E-state index in [1.165, 1.54) is 0 Å². The van der Waals surface area contributed by atoms with E-state index in [0.717, 1.165) is 6.42 Å². The van der Waals surface area contributed by atoms with E-state index in [9.17, 15) is 15.0 Å². The fourth-order valence-electron chi connectivity index (χ4n) is 3.60. The molecule has 2 fully saturated rings. The number of aliphatic hydroxyl groups excluding tert-OH is 1. The van der Waals surface area contributed by atoms with Gasteiger partial charge in [0.2, 0.25) is 0 Å². The van der Waals surface area contributed by atoms with Crippen LogP contribution in [0.3, 0.4) is 0 Å². The van der Waals surface area contributed by atoms with E-state index in [4.69, 9.17) is 0 Å². The standard InChI is InChI=1S/C11H18O3/c1-9(2)10(3)4-5-11(9,8(13)14)6-7(10)12/h7,12H,4-6H2,1-3H3,(H,13,14)/t7-,10+,11-/m1/s1. The Kier molecular flexibility index (Phi) is 1.65. The molecule has 0 unspecified atom stereocenters. The Labute approximate surface area is 84.1 Å². The maximum Gasteiger partial charge on any atom is 0.310 e. The minimum atomic E-state index is -0.734. The topological polar surface area (TPSA) is 57.5 Å². The van der Waals surface area contributed by atoms with Crippen LogP contribution in [0.2, 0.25) is 0 Å². The highest BCUT2D eigenvalue weighted by Gasteiger charge is 2.72. The van der Waals surface area contributed by atoms with Gasteiger partial charge in [-0.2, -0.15) is 0 Å². The molecule has 2 N–H and O–H groups in total. The molecule has 2 rings (SSSR count). The van der Waals surface area contributed by atoms with E-state index in [1.54, 1.807) is 0 Å². The summed E-state index contributed by atoms with van der Waals surface area (Å²) in [6.45, 7) is 6.00. The van der Waals surface area contributed by atoms with E-state index < -0.39 is 17.5 Å². The second kappa shape index (κ2) is 2.32. The molecule has 2 bridgehead atoms. The van der Waals surface area contributed by atoms with Gasteiger partial charge in [0.25, 0.3) is 0 Å². The average Bonchev–Trinajstić information content (AvgIpc) is 2.34. The van der Waals surface area contributed by atoms with E-state index in [2.05, 4.69) is 0 Å². The summed E-state index contributed by atoms with van der Waals surface area (Å²) < 4.78 is 0. The largest absolute Gasteiger partial charge is 0.481 e. The van der Waals surface area contributed by atoms with Crippen molar-refractivity contribution in [2.45, 2.75) is 46.1 Å². The average molecular weight is 198 g/mol. The van der Waals surface area contributed by atoms with Crippen LogP contribution < -0.4 is 0 Å². The van der Waals surface area contributed by atoms with Gasteiger partial charge in [-0.05, 0) is 30.1 Å². The fourth-order valence-corrected chi connectivity index (χ4v) is 3.60. The number of carbonyl (C=O) groups is 1. The van der Waals surface area contributed by atoms with Crippen LogP contribution in [0.5, 0.6) is 0 Å². The van der Waals surface area contributed by atoms with Gasteiger partial charge in [-0.1, -0.05) is 20.8 Å². The van der Waals surface area contributed by atoms with Crippen LogP contribution in [-0.4, -0.2) is 22.3 Å². The van der Waals surface area contributed by atoms with E-state index in [1.807, 2.05) is 20.8 Å². The number of rotatable bonds is 1. The molecule has 0 spiro atoms. The summed E-state index contributed by atoms with van der Waals surface area (Å²) in [5.41, 5.74) is -1.21. The highest BCUT2D eigenvalue weighted by atomic mass is 16.4. The first-order valence-electron chi connectivity index (χ1n) is 5.19. The van der Waals surface area contributed by atoms with Crippen molar-refractivity contribution in [3.05, 3.63) is 0 Å². The van der Waals surface area contributed by atoms with Crippen molar-refractivity contribution in [3.63, 3.8) is 0 Å². The minimum Gasteiger partial charge on any atom is -0.481 e. The Morgan fingerprint density at radius 2 is 1.86 bits per heavy atom. The van der Waals surface area contributed by atoms with Crippen molar-refractivity contribution in [1.82, 2.24) is 0 Å². The van der Waals surface area contributed by atoms with Gasteiger partial charge in [-0.25, -0.2) is 0 Å². The lowest BCUT2D eigenvalue weighted by atomic mass is 9.65. The molecule has 2 saturated carbocycles. The Morgan fingerprint density at radius 3 is 2.07 bits per heavy atom. The third-order valence-corrected chi connectivity index (χ3v) is 5.38. The lowest BCUT2D eigenvalue weighted by Gasteiger charge is -2.38. The summed E-state index contributed by atoms with van der Waals surface area (Å²) in [6, 6.07) is 0. The van der Waals surface area contributed by atoms with Gasteiger partial charge < -0.3 is 10.2 Å². The smallest absolute Gasteiger partial charge is 0.310 e. The number of aliphatic hydroxyl groups is 1. The monoisotopic (exact) mass is 198 g/mol. The molecule has 3 atom stereocenters. The summed E-state index contributed by atoms with van der Waals surface area (Å²) in [5.74, 6) is -0.734. The molecule has 0 heterocycles. The molecule has 0 amide bonds. The normalized spacial score (nSPS) is 49.6. The number of carboxylic acid groups (broad SMARTS) is 1. The molecule has 80 valence electrons. The van der Waals surface area contributed by atoms with Crippen molar-refractivity contribution in [1.29, 1.82) is 0 Å². The van der Waals surface area contributed by atoms with Gasteiger partial charge in [0.15, 0.2) is 0 Å². The summed E-state index contributed by atoms with van der Waals surface area (Å²) in [4.78, 5) is 11.4. The Hall–Kier alpha value is -0.570. The maximum absolute atomic E-state index is 11.4. The molecule has 0 aromatic heterocycles. The van der Waals surface area contributed by atoms with Crippen LogP contribution in [0.15, 0.2) is 0 Å². The molecular weight excluding hydrogens is 180 g/mol. The number of aliphatic carboxylic acids is 1. The Bertz CT molecular complexity index is 297. The van der Waals surface area contributed by atoms with Gasteiger partial charge in [0.1, 0.15) is 0 Å². The molecule has 14 heavy (non-hydrogen) atoms. The first kappa shape index (κ1) is 9.97. The molecule has 0 radical (unpaired) electrons. The summed E-state index contributed by atoms with van der Waals surface area (Å²) in [6.07, 6.45) is 1.50. The molecule has 3 nitrogen and oxygen atoms in total. The lowest BCUT2D eigenvalue weighted by Crippen LogP contribution is -2.40. The van der Waals surface area contributed by atoms with Gasteiger partial charge in [-0.15, -0.1) is 0 Å². The van der Waals surface area contributed by atoms with Crippen LogP contribution in [-0.2, 0) is 4.79 Å².